The fourth-order valence-electron chi connectivity index (χ4n) is 3.56. The summed E-state index contributed by atoms with van der Waals surface area (Å²) in [5.74, 6) is 0.481. The highest BCUT2D eigenvalue weighted by Crippen LogP contribution is 2.34. The molecule has 21 heavy (non-hydrogen) atoms. The van der Waals surface area contributed by atoms with E-state index in [-0.39, 0.29) is 5.92 Å². The number of rotatable bonds is 2. The molecule has 1 saturated heterocycles. The topological polar surface area (TPSA) is 35.6 Å². The first kappa shape index (κ1) is 14.4. The van der Waals surface area contributed by atoms with Gasteiger partial charge in [-0.3, -0.25) is 4.79 Å². The van der Waals surface area contributed by atoms with Gasteiger partial charge in [0.25, 0.3) is 0 Å². The Morgan fingerprint density at radius 1 is 1.29 bits per heavy atom. The molecule has 1 fully saturated rings. The van der Waals surface area contributed by atoms with Crippen molar-refractivity contribution < 1.29 is 4.79 Å². The van der Waals surface area contributed by atoms with Gasteiger partial charge in [-0.05, 0) is 45.4 Å². The Bertz CT molecular complexity index is 517. The standard InChI is InChI=1S/C17H25N3O/c1-3-19-10-11-20(16-7-5-4-6-15(16)19)17(21)14-8-9-18-13(2)12-14/h4-7,13-14,18H,3,8-12H2,1-2H3/t13-,14-/m0/s1. The van der Waals surface area contributed by atoms with Crippen molar-refractivity contribution in [2.75, 3.05) is 36.0 Å². The Morgan fingerprint density at radius 2 is 2.05 bits per heavy atom. The van der Waals surface area contributed by atoms with Gasteiger partial charge in [0.2, 0.25) is 5.91 Å². The maximum absolute atomic E-state index is 12.9. The van der Waals surface area contributed by atoms with Gasteiger partial charge < -0.3 is 15.1 Å². The molecule has 3 rings (SSSR count). The number of piperidine rings is 1. The van der Waals surface area contributed by atoms with Crippen LogP contribution in [-0.4, -0.2) is 38.1 Å². The Kier molecular flexibility index (Phi) is 4.15. The van der Waals surface area contributed by atoms with Crippen molar-refractivity contribution in [2.45, 2.75) is 32.7 Å². The Labute approximate surface area is 127 Å². The molecular formula is C17H25N3O. The molecular weight excluding hydrogens is 262 g/mol. The van der Waals surface area contributed by atoms with Crippen molar-refractivity contribution in [1.29, 1.82) is 0 Å². The normalized spacial score (nSPS) is 25.6. The molecule has 1 amide bonds. The van der Waals surface area contributed by atoms with Gasteiger partial charge in [0.1, 0.15) is 0 Å². The first-order chi connectivity index (χ1) is 10.2. The Morgan fingerprint density at radius 3 is 2.76 bits per heavy atom. The van der Waals surface area contributed by atoms with Crippen LogP contribution in [0.4, 0.5) is 11.4 Å². The second-order valence-corrected chi connectivity index (χ2v) is 6.13. The van der Waals surface area contributed by atoms with Crippen LogP contribution in [-0.2, 0) is 4.79 Å². The quantitative estimate of drug-likeness (QED) is 0.906. The lowest BCUT2D eigenvalue weighted by molar-refractivity contribution is -0.123. The molecule has 0 bridgehead atoms. The monoisotopic (exact) mass is 287 g/mol. The number of nitrogens with zero attached hydrogens (tertiary/aromatic N) is 2. The maximum Gasteiger partial charge on any atom is 0.230 e. The molecule has 0 spiro atoms. The number of hydrogen-bond acceptors (Lipinski definition) is 3. The van der Waals surface area contributed by atoms with Gasteiger partial charge in [-0.15, -0.1) is 0 Å². The number of hydrogen-bond donors (Lipinski definition) is 1. The van der Waals surface area contributed by atoms with Gasteiger partial charge in [0.05, 0.1) is 11.4 Å². The molecule has 1 aromatic carbocycles. The smallest absolute Gasteiger partial charge is 0.230 e. The van der Waals surface area contributed by atoms with E-state index in [4.69, 9.17) is 0 Å². The van der Waals surface area contributed by atoms with E-state index in [0.717, 1.165) is 44.7 Å². The van der Waals surface area contributed by atoms with Gasteiger partial charge in [0, 0.05) is 31.6 Å². The number of nitrogens with one attached hydrogen (secondary N) is 1. The minimum absolute atomic E-state index is 0.169. The molecule has 4 nitrogen and oxygen atoms in total. The maximum atomic E-state index is 12.9. The zero-order valence-corrected chi connectivity index (χ0v) is 13.0. The zero-order valence-electron chi connectivity index (χ0n) is 13.0. The van der Waals surface area contributed by atoms with Crippen LogP contribution >= 0.6 is 0 Å². The predicted octanol–water partition coefficient (Wildman–Crippen LogP) is 2.25. The van der Waals surface area contributed by atoms with E-state index in [9.17, 15) is 4.79 Å². The number of benzene rings is 1. The molecule has 1 aromatic rings. The Hall–Kier alpha value is -1.55. The lowest BCUT2D eigenvalue weighted by Crippen LogP contribution is -2.49. The summed E-state index contributed by atoms with van der Waals surface area (Å²) in [6.45, 7) is 8.02. The van der Waals surface area contributed by atoms with Crippen LogP contribution in [0, 0.1) is 5.92 Å². The summed E-state index contributed by atoms with van der Waals surface area (Å²) in [5.41, 5.74) is 2.28. The van der Waals surface area contributed by atoms with E-state index in [1.807, 2.05) is 11.0 Å². The van der Waals surface area contributed by atoms with E-state index >= 15 is 0 Å². The fraction of sp³-hybridized carbons (Fsp3) is 0.588. The van der Waals surface area contributed by atoms with Crippen molar-refractivity contribution in [3.63, 3.8) is 0 Å². The molecule has 2 aliphatic rings. The lowest BCUT2D eigenvalue weighted by atomic mass is 9.91. The third-order valence-electron chi connectivity index (χ3n) is 4.73. The Balaban J connectivity index is 1.84. The SMILES string of the molecule is CCN1CCN(C(=O)[C@H]2CCN[C@@H](C)C2)c2ccccc21. The summed E-state index contributed by atoms with van der Waals surface area (Å²) < 4.78 is 0. The van der Waals surface area contributed by atoms with Crippen molar-refractivity contribution >= 4 is 17.3 Å². The molecule has 4 heteroatoms. The van der Waals surface area contributed by atoms with E-state index in [0.29, 0.717) is 11.9 Å². The minimum atomic E-state index is 0.169. The highest BCUT2D eigenvalue weighted by Gasteiger charge is 2.32. The van der Waals surface area contributed by atoms with E-state index < -0.39 is 0 Å². The summed E-state index contributed by atoms with van der Waals surface area (Å²) in [7, 11) is 0. The molecule has 114 valence electrons. The van der Waals surface area contributed by atoms with Gasteiger partial charge in [0.15, 0.2) is 0 Å². The summed E-state index contributed by atoms with van der Waals surface area (Å²) in [6.07, 6.45) is 1.91. The number of fused-ring (bicyclic) bond motifs is 1. The van der Waals surface area contributed by atoms with Crippen molar-refractivity contribution in [1.82, 2.24) is 5.32 Å². The van der Waals surface area contributed by atoms with Crippen LogP contribution in [0.3, 0.4) is 0 Å². The summed E-state index contributed by atoms with van der Waals surface area (Å²) in [4.78, 5) is 17.3. The van der Waals surface area contributed by atoms with Crippen LogP contribution < -0.4 is 15.1 Å². The van der Waals surface area contributed by atoms with Crippen LogP contribution in [0.25, 0.3) is 0 Å². The second kappa shape index (κ2) is 6.06. The second-order valence-electron chi connectivity index (χ2n) is 6.13. The third-order valence-corrected chi connectivity index (χ3v) is 4.73. The van der Waals surface area contributed by atoms with Crippen molar-refractivity contribution in [2.24, 2.45) is 5.92 Å². The minimum Gasteiger partial charge on any atom is -0.368 e. The number of carbonyl (C=O) groups is 1. The van der Waals surface area contributed by atoms with Crippen LogP contribution in [0.5, 0.6) is 0 Å². The molecule has 0 saturated carbocycles. The molecule has 0 radical (unpaired) electrons. The molecule has 1 N–H and O–H groups in total. The van der Waals surface area contributed by atoms with Crippen molar-refractivity contribution in [3.05, 3.63) is 24.3 Å². The zero-order chi connectivity index (χ0) is 14.8. The van der Waals surface area contributed by atoms with Gasteiger partial charge >= 0.3 is 0 Å². The average molecular weight is 287 g/mol. The van der Waals surface area contributed by atoms with E-state index in [1.54, 1.807) is 0 Å². The third kappa shape index (κ3) is 2.77. The van der Waals surface area contributed by atoms with Crippen molar-refractivity contribution in [3.8, 4) is 0 Å². The van der Waals surface area contributed by atoms with Crippen LogP contribution in [0.1, 0.15) is 26.7 Å². The largest absolute Gasteiger partial charge is 0.368 e. The first-order valence-electron chi connectivity index (χ1n) is 8.09. The number of amides is 1. The molecule has 2 heterocycles. The number of carbonyl (C=O) groups excluding carboxylic acids is 1. The van der Waals surface area contributed by atoms with Crippen LogP contribution in [0.15, 0.2) is 24.3 Å². The number of likely N-dealkylation sites (N-methyl/N-ethyl adjacent to an activating group) is 1. The van der Waals surface area contributed by atoms with Crippen LogP contribution in [0.2, 0.25) is 0 Å². The molecule has 0 aromatic heterocycles. The highest BCUT2D eigenvalue weighted by molar-refractivity contribution is 5.99. The van der Waals surface area contributed by atoms with Gasteiger partial charge in [-0.2, -0.15) is 0 Å². The average Bonchev–Trinajstić information content (AvgIpc) is 2.53. The summed E-state index contributed by atoms with van der Waals surface area (Å²) in [5, 5.41) is 3.43. The van der Waals surface area contributed by atoms with E-state index in [1.165, 1.54) is 5.69 Å². The van der Waals surface area contributed by atoms with E-state index in [2.05, 4.69) is 42.3 Å². The predicted molar refractivity (Wildman–Crippen MR) is 86.9 cm³/mol. The molecule has 0 unspecified atom stereocenters. The fourth-order valence-corrected chi connectivity index (χ4v) is 3.56. The molecule has 2 atom stereocenters. The summed E-state index contributed by atoms with van der Waals surface area (Å²) in [6, 6.07) is 8.74. The molecule has 0 aliphatic carbocycles. The number of para-hydroxylation sites is 2. The lowest BCUT2D eigenvalue weighted by Gasteiger charge is -2.39. The van der Waals surface area contributed by atoms with Gasteiger partial charge in [-0.1, -0.05) is 12.1 Å². The van der Waals surface area contributed by atoms with Gasteiger partial charge in [-0.25, -0.2) is 0 Å². The molecule has 2 aliphatic heterocycles. The first-order valence-corrected chi connectivity index (χ1v) is 8.09. The highest BCUT2D eigenvalue weighted by atomic mass is 16.2. The number of anilines is 2. The summed E-state index contributed by atoms with van der Waals surface area (Å²) >= 11 is 0.